The lowest BCUT2D eigenvalue weighted by Crippen LogP contribution is -2.22. The van der Waals surface area contributed by atoms with Gasteiger partial charge < -0.3 is 5.32 Å². The highest BCUT2D eigenvalue weighted by molar-refractivity contribution is 7.20. The van der Waals surface area contributed by atoms with Crippen molar-refractivity contribution in [2.24, 2.45) is 0 Å². The first-order valence-electron chi connectivity index (χ1n) is 7.47. The molecule has 0 amide bonds. The molecule has 1 aromatic carbocycles. The zero-order valence-corrected chi connectivity index (χ0v) is 14.4. The summed E-state index contributed by atoms with van der Waals surface area (Å²) in [5.74, 6) is 0.774. The molecule has 1 N–H and O–H groups in total. The van der Waals surface area contributed by atoms with Crippen molar-refractivity contribution in [1.29, 1.82) is 0 Å². The van der Waals surface area contributed by atoms with Crippen LogP contribution in [0, 0.1) is 0 Å². The minimum absolute atomic E-state index is 0.113. The van der Waals surface area contributed by atoms with Crippen molar-refractivity contribution in [3.63, 3.8) is 0 Å². The van der Waals surface area contributed by atoms with Gasteiger partial charge in [-0.3, -0.25) is 0 Å². The Morgan fingerprint density at radius 3 is 2.43 bits per heavy atom. The molecule has 1 atom stereocenters. The second-order valence-corrected chi connectivity index (χ2v) is 7.85. The largest absolute Gasteiger partial charge is 0.306 e. The van der Waals surface area contributed by atoms with Crippen LogP contribution >= 0.6 is 34.5 Å². The molecular weight excluding hydrogens is 321 g/mol. The van der Waals surface area contributed by atoms with E-state index in [1.807, 2.05) is 6.07 Å². The third-order valence-electron chi connectivity index (χ3n) is 4.25. The molecule has 0 spiro atoms. The lowest BCUT2D eigenvalue weighted by atomic mass is 9.79. The molecule has 0 aliphatic heterocycles. The van der Waals surface area contributed by atoms with Gasteiger partial charge in [-0.1, -0.05) is 60.8 Å². The number of hydrogen-bond donors (Lipinski definition) is 1. The van der Waals surface area contributed by atoms with Crippen LogP contribution in [0.1, 0.15) is 54.8 Å². The van der Waals surface area contributed by atoms with E-state index in [4.69, 9.17) is 23.2 Å². The number of nitrogens with one attached hydrogen (secondary N) is 1. The molecule has 0 saturated heterocycles. The fourth-order valence-corrected chi connectivity index (χ4v) is 4.40. The van der Waals surface area contributed by atoms with Gasteiger partial charge in [-0.2, -0.15) is 0 Å². The van der Waals surface area contributed by atoms with E-state index >= 15 is 0 Å². The van der Waals surface area contributed by atoms with Gasteiger partial charge in [0.15, 0.2) is 0 Å². The quantitative estimate of drug-likeness (QED) is 0.702. The second kappa shape index (κ2) is 6.70. The van der Waals surface area contributed by atoms with Crippen LogP contribution in [0.2, 0.25) is 8.67 Å². The van der Waals surface area contributed by atoms with E-state index in [1.165, 1.54) is 41.7 Å². The minimum Gasteiger partial charge on any atom is -0.306 e. The highest BCUT2D eigenvalue weighted by Crippen LogP contribution is 2.39. The summed E-state index contributed by atoms with van der Waals surface area (Å²) in [5, 5.41) is 3.51. The Kier molecular flexibility index (Phi) is 4.90. The average molecular weight is 340 g/mol. The van der Waals surface area contributed by atoms with Crippen LogP contribution in [0.5, 0.6) is 0 Å². The number of benzene rings is 1. The molecule has 1 saturated carbocycles. The third-order valence-corrected chi connectivity index (χ3v) is 5.77. The SMILES string of the molecule is CCNC(c1ccc(C2CCC2)cc1)c1cc(Cl)sc1Cl. The van der Waals surface area contributed by atoms with Gasteiger partial charge in [0.2, 0.25) is 0 Å². The van der Waals surface area contributed by atoms with Gasteiger partial charge in [-0.05, 0) is 42.5 Å². The summed E-state index contributed by atoms with van der Waals surface area (Å²) in [5.41, 5.74) is 3.79. The Hall–Kier alpha value is -0.540. The zero-order chi connectivity index (χ0) is 14.8. The highest BCUT2D eigenvalue weighted by atomic mass is 35.5. The summed E-state index contributed by atoms with van der Waals surface area (Å²) in [6.45, 7) is 3.00. The average Bonchev–Trinajstić information content (AvgIpc) is 2.74. The molecule has 21 heavy (non-hydrogen) atoms. The van der Waals surface area contributed by atoms with Crippen molar-refractivity contribution in [3.05, 3.63) is 55.7 Å². The van der Waals surface area contributed by atoms with Crippen molar-refractivity contribution in [2.45, 2.75) is 38.1 Å². The Bertz CT molecular complexity index is 602. The van der Waals surface area contributed by atoms with Gasteiger partial charge in [0.25, 0.3) is 0 Å². The van der Waals surface area contributed by atoms with Crippen molar-refractivity contribution in [1.82, 2.24) is 5.32 Å². The van der Waals surface area contributed by atoms with E-state index < -0.39 is 0 Å². The zero-order valence-electron chi connectivity index (χ0n) is 12.0. The van der Waals surface area contributed by atoms with Gasteiger partial charge in [0.1, 0.15) is 0 Å². The van der Waals surface area contributed by atoms with Crippen molar-refractivity contribution >= 4 is 34.5 Å². The maximum atomic E-state index is 6.33. The molecule has 1 aliphatic carbocycles. The number of rotatable bonds is 5. The molecule has 1 aromatic heterocycles. The van der Waals surface area contributed by atoms with Crippen LogP contribution in [0.15, 0.2) is 30.3 Å². The molecule has 3 rings (SSSR count). The molecular formula is C17H19Cl2NS. The van der Waals surface area contributed by atoms with Crippen LogP contribution in [-0.4, -0.2) is 6.54 Å². The van der Waals surface area contributed by atoms with Crippen LogP contribution in [0.4, 0.5) is 0 Å². The first-order valence-corrected chi connectivity index (χ1v) is 9.04. The smallest absolute Gasteiger partial charge is 0.0995 e. The van der Waals surface area contributed by atoms with Gasteiger partial charge in [0.05, 0.1) is 14.7 Å². The fourth-order valence-electron chi connectivity index (χ4n) is 2.86. The molecule has 1 nitrogen and oxygen atoms in total. The molecule has 0 bridgehead atoms. The van der Waals surface area contributed by atoms with Crippen molar-refractivity contribution in [3.8, 4) is 0 Å². The normalized spacial score (nSPS) is 16.7. The predicted molar refractivity (Wildman–Crippen MR) is 92.9 cm³/mol. The molecule has 1 heterocycles. The first kappa shape index (κ1) is 15.4. The standard InChI is InChI=1S/C17H19Cl2NS/c1-2-20-16(14-10-15(18)21-17(14)19)13-8-6-12(7-9-13)11-4-3-5-11/h6-11,16,20H,2-5H2,1H3. The second-order valence-electron chi connectivity index (χ2n) is 5.56. The molecule has 1 unspecified atom stereocenters. The lowest BCUT2D eigenvalue weighted by molar-refractivity contribution is 0.419. The summed E-state index contributed by atoms with van der Waals surface area (Å²) >= 11 is 13.9. The summed E-state index contributed by atoms with van der Waals surface area (Å²) in [6.07, 6.45) is 4.04. The van der Waals surface area contributed by atoms with Crippen molar-refractivity contribution < 1.29 is 0 Å². The topological polar surface area (TPSA) is 12.0 Å². The van der Waals surface area contributed by atoms with Gasteiger partial charge in [-0.25, -0.2) is 0 Å². The molecule has 112 valence electrons. The highest BCUT2D eigenvalue weighted by Gasteiger charge is 2.21. The maximum Gasteiger partial charge on any atom is 0.0995 e. The van der Waals surface area contributed by atoms with Gasteiger partial charge in [-0.15, -0.1) is 11.3 Å². The van der Waals surface area contributed by atoms with Crippen LogP contribution in [0.25, 0.3) is 0 Å². The Balaban J connectivity index is 1.87. The monoisotopic (exact) mass is 339 g/mol. The minimum atomic E-state index is 0.113. The van der Waals surface area contributed by atoms with E-state index in [2.05, 4.69) is 36.5 Å². The van der Waals surface area contributed by atoms with Gasteiger partial charge in [0, 0.05) is 5.56 Å². The first-order chi connectivity index (χ1) is 10.2. The van der Waals surface area contributed by atoms with Crippen LogP contribution < -0.4 is 5.32 Å². The number of halogens is 2. The summed E-state index contributed by atoms with van der Waals surface area (Å²) in [7, 11) is 0. The Morgan fingerprint density at radius 1 is 1.24 bits per heavy atom. The fraction of sp³-hybridized carbons (Fsp3) is 0.412. The van der Waals surface area contributed by atoms with Gasteiger partial charge >= 0.3 is 0 Å². The number of hydrogen-bond acceptors (Lipinski definition) is 2. The van der Waals surface area contributed by atoms with E-state index in [1.54, 1.807) is 0 Å². The van der Waals surface area contributed by atoms with Crippen molar-refractivity contribution in [2.75, 3.05) is 6.54 Å². The molecule has 1 fully saturated rings. The van der Waals surface area contributed by atoms with E-state index in [-0.39, 0.29) is 6.04 Å². The Morgan fingerprint density at radius 2 is 1.95 bits per heavy atom. The maximum absolute atomic E-state index is 6.33. The molecule has 2 aromatic rings. The summed E-state index contributed by atoms with van der Waals surface area (Å²) in [6, 6.07) is 11.1. The van der Waals surface area contributed by atoms with E-state index in [0.717, 1.165) is 26.7 Å². The molecule has 0 radical (unpaired) electrons. The lowest BCUT2D eigenvalue weighted by Gasteiger charge is -2.26. The third kappa shape index (κ3) is 3.29. The van der Waals surface area contributed by atoms with E-state index in [9.17, 15) is 0 Å². The summed E-state index contributed by atoms with van der Waals surface area (Å²) in [4.78, 5) is 0. The molecule has 1 aliphatic rings. The predicted octanol–water partition coefficient (Wildman–Crippen LogP) is 6.02. The van der Waals surface area contributed by atoms with Crippen LogP contribution in [0.3, 0.4) is 0 Å². The summed E-state index contributed by atoms with van der Waals surface area (Å²) < 4.78 is 1.51. The number of thiophene rings is 1. The molecule has 4 heteroatoms. The van der Waals surface area contributed by atoms with Crippen LogP contribution in [-0.2, 0) is 0 Å². The Labute approximate surface area is 140 Å². The van der Waals surface area contributed by atoms with E-state index in [0.29, 0.717) is 0 Å².